The molecule has 1 saturated heterocycles. The molecule has 0 radical (unpaired) electrons. The van der Waals surface area contributed by atoms with Crippen LogP contribution in [0.5, 0.6) is 0 Å². The number of halogens is 1. The second-order valence-corrected chi connectivity index (χ2v) is 7.42. The Morgan fingerprint density at radius 2 is 2.00 bits per heavy atom. The summed E-state index contributed by atoms with van der Waals surface area (Å²) < 4.78 is 13.2. The summed E-state index contributed by atoms with van der Waals surface area (Å²) in [6, 6.07) is 4.97. The molecule has 1 aromatic carbocycles. The number of piperazine rings is 1. The third kappa shape index (κ3) is 3.04. The third-order valence-corrected chi connectivity index (χ3v) is 5.83. The minimum Gasteiger partial charge on any atom is -0.352 e. The van der Waals surface area contributed by atoms with Crippen LogP contribution in [0.3, 0.4) is 0 Å². The van der Waals surface area contributed by atoms with Crippen molar-refractivity contribution >= 4 is 23.2 Å². The zero-order chi connectivity index (χ0) is 17.4. The van der Waals surface area contributed by atoms with Crippen molar-refractivity contribution in [1.29, 1.82) is 0 Å². The van der Waals surface area contributed by atoms with Gasteiger partial charge in [0.15, 0.2) is 5.01 Å². The number of benzene rings is 1. The predicted molar refractivity (Wildman–Crippen MR) is 91.9 cm³/mol. The molecule has 0 spiro atoms. The Hall–Kier alpha value is -2.28. The molecule has 0 bridgehead atoms. The van der Waals surface area contributed by atoms with Crippen LogP contribution in [-0.2, 0) is 17.6 Å². The smallest absolute Gasteiger partial charge is 0.283 e. The van der Waals surface area contributed by atoms with Crippen LogP contribution in [0.2, 0.25) is 0 Å². The van der Waals surface area contributed by atoms with Gasteiger partial charge in [-0.05, 0) is 43.4 Å². The molecule has 1 aromatic heterocycles. The van der Waals surface area contributed by atoms with Gasteiger partial charge in [0.2, 0.25) is 5.91 Å². The van der Waals surface area contributed by atoms with Gasteiger partial charge in [-0.25, -0.2) is 9.37 Å². The first kappa shape index (κ1) is 16.2. The Kier molecular flexibility index (Phi) is 4.25. The van der Waals surface area contributed by atoms with Crippen molar-refractivity contribution in [2.45, 2.75) is 31.7 Å². The van der Waals surface area contributed by atoms with Crippen molar-refractivity contribution in [1.82, 2.24) is 15.2 Å². The minimum atomic E-state index is -0.747. The van der Waals surface area contributed by atoms with Crippen LogP contribution in [0.1, 0.15) is 44.8 Å². The summed E-state index contributed by atoms with van der Waals surface area (Å²) in [6.07, 6.45) is 4.13. The van der Waals surface area contributed by atoms with Crippen LogP contribution in [0.25, 0.3) is 0 Å². The van der Waals surface area contributed by atoms with Crippen molar-refractivity contribution in [3.63, 3.8) is 0 Å². The number of fused-ring (bicyclic) bond motifs is 1. The maximum Gasteiger partial charge on any atom is 0.283 e. The number of hydrogen-bond donors (Lipinski definition) is 1. The fourth-order valence-electron chi connectivity index (χ4n) is 3.43. The first-order valence-corrected chi connectivity index (χ1v) is 9.28. The van der Waals surface area contributed by atoms with Crippen molar-refractivity contribution in [2.24, 2.45) is 0 Å². The van der Waals surface area contributed by atoms with Gasteiger partial charge in [0.05, 0.1) is 5.69 Å². The first-order valence-electron chi connectivity index (χ1n) is 8.46. The van der Waals surface area contributed by atoms with Gasteiger partial charge in [0.1, 0.15) is 11.9 Å². The molecule has 0 saturated carbocycles. The number of hydrogen-bond acceptors (Lipinski definition) is 4. The van der Waals surface area contributed by atoms with Gasteiger partial charge in [0, 0.05) is 18.0 Å². The maximum absolute atomic E-state index is 13.2. The van der Waals surface area contributed by atoms with Crippen LogP contribution in [-0.4, -0.2) is 34.8 Å². The molecule has 7 heteroatoms. The van der Waals surface area contributed by atoms with E-state index in [2.05, 4.69) is 10.3 Å². The highest BCUT2D eigenvalue weighted by molar-refractivity contribution is 7.13. The average molecular weight is 359 g/mol. The molecule has 1 aliphatic heterocycles. The van der Waals surface area contributed by atoms with E-state index in [1.165, 1.54) is 28.3 Å². The van der Waals surface area contributed by atoms with E-state index in [1.54, 1.807) is 17.0 Å². The molecule has 2 heterocycles. The lowest BCUT2D eigenvalue weighted by molar-refractivity contribution is -0.128. The molecule has 1 fully saturated rings. The molecule has 5 nitrogen and oxygen atoms in total. The van der Waals surface area contributed by atoms with E-state index in [4.69, 9.17) is 0 Å². The molecule has 1 aliphatic carbocycles. The zero-order valence-corrected chi connectivity index (χ0v) is 14.4. The lowest BCUT2D eigenvalue weighted by Gasteiger charge is -2.34. The predicted octanol–water partition coefficient (Wildman–Crippen LogP) is 2.47. The maximum atomic E-state index is 13.2. The Balaban J connectivity index is 1.66. The monoisotopic (exact) mass is 359 g/mol. The molecule has 1 atom stereocenters. The first-order chi connectivity index (χ1) is 12.1. The fourth-order valence-corrected chi connectivity index (χ4v) is 4.53. The number of rotatable bonds is 2. The number of carbonyl (C=O) groups excluding carboxylic acids is 2. The van der Waals surface area contributed by atoms with Gasteiger partial charge in [0.25, 0.3) is 5.91 Å². The van der Waals surface area contributed by atoms with Crippen LogP contribution in [0, 0.1) is 5.82 Å². The largest absolute Gasteiger partial charge is 0.352 e. The van der Waals surface area contributed by atoms with Gasteiger partial charge in [-0.1, -0.05) is 12.1 Å². The molecule has 1 unspecified atom stereocenters. The van der Waals surface area contributed by atoms with Crippen LogP contribution in [0.15, 0.2) is 24.3 Å². The standard InChI is InChI=1S/C18H18FN3O2S/c19-12-7-5-11(6-8-12)15-16(23)20-9-10-22(15)18(24)17-21-13-3-1-2-4-14(13)25-17/h5-8,15H,1-4,9-10H2,(H,20,23). The number of nitrogens with one attached hydrogen (secondary N) is 1. The van der Waals surface area contributed by atoms with Gasteiger partial charge < -0.3 is 10.2 Å². The Bertz CT molecular complexity index is 795. The molecule has 2 aromatic rings. The summed E-state index contributed by atoms with van der Waals surface area (Å²) >= 11 is 1.44. The minimum absolute atomic E-state index is 0.219. The summed E-state index contributed by atoms with van der Waals surface area (Å²) in [5, 5.41) is 3.24. The lowest BCUT2D eigenvalue weighted by atomic mass is 10.0. The molecule has 4 rings (SSSR count). The van der Waals surface area contributed by atoms with Crippen molar-refractivity contribution in [2.75, 3.05) is 13.1 Å². The highest BCUT2D eigenvalue weighted by Gasteiger charge is 2.36. The van der Waals surface area contributed by atoms with Crippen molar-refractivity contribution in [3.8, 4) is 0 Å². The highest BCUT2D eigenvalue weighted by Crippen LogP contribution is 2.30. The van der Waals surface area contributed by atoms with Crippen molar-refractivity contribution < 1.29 is 14.0 Å². The van der Waals surface area contributed by atoms with Gasteiger partial charge in [-0.2, -0.15) is 0 Å². The molecule has 25 heavy (non-hydrogen) atoms. The highest BCUT2D eigenvalue weighted by atomic mass is 32.1. The van der Waals surface area contributed by atoms with E-state index in [1.807, 2.05) is 0 Å². The Morgan fingerprint density at radius 3 is 2.76 bits per heavy atom. The van der Waals surface area contributed by atoms with Crippen LogP contribution in [0.4, 0.5) is 4.39 Å². The summed E-state index contributed by atoms with van der Waals surface area (Å²) in [5.41, 5.74) is 1.63. The molecule has 1 N–H and O–H groups in total. The van der Waals surface area contributed by atoms with Gasteiger partial charge in [-0.3, -0.25) is 9.59 Å². The SMILES string of the molecule is O=C1NCCN(C(=O)c2nc3c(s2)CCCC3)C1c1ccc(F)cc1. The molecule has 2 amide bonds. The fraction of sp³-hybridized carbons (Fsp3) is 0.389. The Labute approximate surface area is 148 Å². The van der Waals surface area contributed by atoms with Crippen LogP contribution < -0.4 is 5.32 Å². The van der Waals surface area contributed by atoms with E-state index in [9.17, 15) is 14.0 Å². The van der Waals surface area contributed by atoms with Crippen molar-refractivity contribution in [3.05, 3.63) is 51.2 Å². The second kappa shape index (κ2) is 6.55. The number of carbonyl (C=O) groups is 2. The molecule has 130 valence electrons. The summed E-state index contributed by atoms with van der Waals surface area (Å²) in [4.78, 5) is 32.7. The molecule has 2 aliphatic rings. The quantitative estimate of drug-likeness (QED) is 0.896. The van der Waals surface area contributed by atoms with Gasteiger partial charge in [-0.15, -0.1) is 11.3 Å². The zero-order valence-electron chi connectivity index (χ0n) is 13.6. The van der Waals surface area contributed by atoms with E-state index in [0.717, 1.165) is 31.4 Å². The number of nitrogens with zero attached hydrogens (tertiary/aromatic N) is 2. The van der Waals surface area contributed by atoms with Crippen LogP contribution >= 0.6 is 11.3 Å². The van der Waals surface area contributed by atoms with Gasteiger partial charge >= 0.3 is 0 Å². The number of thiazole rings is 1. The van der Waals surface area contributed by atoms with E-state index < -0.39 is 6.04 Å². The molecular weight excluding hydrogens is 341 g/mol. The number of amides is 2. The van der Waals surface area contributed by atoms with E-state index in [0.29, 0.717) is 23.7 Å². The summed E-state index contributed by atoms with van der Waals surface area (Å²) in [6.45, 7) is 0.824. The summed E-state index contributed by atoms with van der Waals surface area (Å²) in [5.74, 6) is -0.832. The number of aryl methyl sites for hydroxylation is 2. The number of aromatic nitrogens is 1. The second-order valence-electron chi connectivity index (χ2n) is 6.34. The molecular formula is C18H18FN3O2S. The Morgan fingerprint density at radius 1 is 1.24 bits per heavy atom. The summed E-state index contributed by atoms with van der Waals surface area (Å²) in [7, 11) is 0. The topological polar surface area (TPSA) is 62.3 Å². The average Bonchev–Trinajstić information content (AvgIpc) is 3.06. The lowest BCUT2D eigenvalue weighted by Crippen LogP contribution is -2.52. The normalized spacial score (nSPS) is 20.1. The van der Waals surface area contributed by atoms with E-state index >= 15 is 0 Å². The van der Waals surface area contributed by atoms with E-state index in [-0.39, 0.29) is 17.6 Å². The third-order valence-electron chi connectivity index (χ3n) is 4.69.